The first-order valence-electron chi connectivity index (χ1n) is 5.03. The predicted octanol–water partition coefficient (Wildman–Crippen LogP) is 2.00. The van der Waals surface area contributed by atoms with E-state index in [0.29, 0.717) is 17.8 Å². The minimum atomic E-state index is -0.305. The van der Waals surface area contributed by atoms with Crippen molar-refractivity contribution in [1.82, 2.24) is 0 Å². The lowest BCUT2D eigenvalue weighted by molar-refractivity contribution is 0.0329. The second kappa shape index (κ2) is 4.06. The van der Waals surface area contributed by atoms with Gasteiger partial charge in [-0.1, -0.05) is 0 Å². The molecule has 1 aromatic carbocycles. The second-order valence-corrected chi connectivity index (χ2v) is 3.94. The normalized spacial score (nSPS) is 24.7. The van der Waals surface area contributed by atoms with Crippen LogP contribution in [-0.2, 0) is 4.74 Å². The quantitative estimate of drug-likeness (QED) is 0.750. The van der Waals surface area contributed by atoms with Gasteiger partial charge in [0.15, 0.2) is 0 Å². The van der Waals surface area contributed by atoms with E-state index in [1.807, 2.05) is 0 Å². The van der Waals surface area contributed by atoms with E-state index in [2.05, 4.69) is 5.32 Å². The Morgan fingerprint density at radius 3 is 2.73 bits per heavy atom. The summed E-state index contributed by atoms with van der Waals surface area (Å²) in [5.41, 5.74) is 6.73. The minimum Gasteiger partial charge on any atom is -0.399 e. The zero-order valence-corrected chi connectivity index (χ0v) is 8.66. The number of halogens is 1. The Hall–Kier alpha value is -1.29. The lowest BCUT2D eigenvalue weighted by atomic mass is 9.89. The Labute approximate surface area is 88.4 Å². The third-order valence-corrected chi connectivity index (χ3v) is 2.72. The van der Waals surface area contributed by atoms with E-state index in [0.717, 1.165) is 18.5 Å². The van der Waals surface area contributed by atoms with Crippen LogP contribution in [0.25, 0.3) is 0 Å². The smallest absolute Gasteiger partial charge is 0.127 e. The van der Waals surface area contributed by atoms with Gasteiger partial charge in [0.25, 0.3) is 0 Å². The summed E-state index contributed by atoms with van der Waals surface area (Å²) in [6.07, 6.45) is 2.27. The first-order chi connectivity index (χ1) is 7.17. The van der Waals surface area contributed by atoms with Crippen LogP contribution >= 0.6 is 0 Å². The molecular formula is C11H15FN2O. The van der Waals surface area contributed by atoms with Crippen molar-refractivity contribution < 1.29 is 9.13 Å². The van der Waals surface area contributed by atoms with E-state index in [-0.39, 0.29) is 5.82 Å². The number of nitrogens with one attached hydrogen (secondary N) is 1. The number of nitrogens with two attached hydrogens (primary N) is 1. The Bertz CT molecular complexity index is 330. The fourth-order valence-electron chi connectivity index (χ4n) is 1.81. The first kappa shape index (κ1) is 10.2. The summed E-state index contributed by atoms with van der Waals surface area (Å²) in [7, 11) is 1.71. The number of methoxy groups -OCH3 is 1. The Balaban J connectivity index is 1.94. The van der Waals surface area contributed by atoms with Gasteiger partial charge >= 0.3 is 0 Å². The van der Waals surface area contributed by atoms with Gasteiger partial charge < -0.3 is 15.8 Å². The Kier molecular flexibility index (Phi) is 2.77. The molecule has 1 aliphatic rings. The van der Waals surface area contributed by atoms with Crippen molar-refractivity contribution >= 4 is 11.4 Å². The zero-order valence-electron chi connectivity index (χ0n) is 8.66. The minimum absolute atomic E-state index is 0.305. The van der Waals surface area contributed by atoms with Gasteiger partial charge in [-0.3, -0.25) is 0 Å². The number of anilines is 2. The van der Waals surface area contributed by atoms with Gasteiger partial charge in [0.2, 0.25) is 0 Å². The van der Waals surface area contributed by atoms with Crippen LogP contribution in [0.3, 0.4) is 0 Å². The van der Waals surface area contributed by atoms with Crippen molar-refractivity contribution in [2.75, 3.05) is 18.2 Å². The molecule has 0 spiro atoms. The predicted molar refractivity (Wildman–Crippen MR) is 58.3 cm³/mol. The SMILES string of the molecule is COC1CC(Nc2cc(N)cc(F)c2)C1. The molecule has 0 aliphatic heterocycles. The monoisotopic (exact) mass is 210 g/mol. The van der Waals surface area contributed by atoms with Crippen molar-refractivity contribution in [2.45, 2.75) is 25.0 Å². The number of nitrogen functional groups attached to an aromatic ring is 1. The van der Waals surface area contributed by atoms with Crippen molar-refractivity contribution in [3.63, 3.8) is 0 Å². The summed E-state index contributed by atoms with van der Waals surface area (Å²) in [5, 5.41) is 3.22. The molecule has 1 fully saturated rings. The van der Waals surface area contributed by atoms with Crippen LogP contribution in [-0.4, -0.2) is 19.3 Å². The van der Waals surface area contributed by atoms with Crippen LogP contribution < -0.4 is 11.1 Å². The number of hydrogen-bond acceptors (Lipinski definition) is 3. The average Bonchev–Trinajstić information content (AvgIpc) is 2.08. The molecule has 0 atom stereocenters. The van der Waals surface area contributed by atoms with Gasteiger partial charge in [-0.05, 0) is 31.0 Å². The molecule has 4 heteroatoms. The van der Waals surface area contributed by atoms with E-state index >= 15 is 0 Å². The summed E-state index contributed by atoms with van der Waals surface area (Å²) < 4.78 is 18.2. The fraction of sp³-hybridized carbons (Fsp3) is 0.455. The lowest BCUT2D eigenvalue weighted by Crippen LogP contribution is -2.40. The van der Waals surface area contributed by atoms with E-state index < -0.39 is 0 Å². The summed E-state index contributed by atoms with van der Waals surface area (Å²) >= 11 is 0. The largest absolute Gasteiger partial charge is 0.399 e. The summed E-state index contributed by atoms with van der Waals surface area (Å²) in [5.74, 6) is -0.305. The number of rotatable bonds is 3. The maximum absolute atomic E-state index is 13.0. The van der Waals surface area contributed by atoms with Crippen LogP contribution in [0.15, 0.2) is 18.2 Å². The molecule has 1 aliphatic carbocycles. The molecule has 0 saturated heterocycles. The number of ether oxygens (including phenoxy) is 1. The lowest BCUT2D eigenvalue weighted by Gasteiger charge is -2.35. The highest BCUT2D eigenvalue weighted by Crippen LogP contribution is 2.27. The van der Waals surface area contributed by atoms with Gasteiger partial charge in [-0.25, -0.2) is 4.39 Å². The maximum atomic E-state index is 13.0. The maximum Gasteiger partial charge on any atom is 0.127 e. The van der Waals surface area contributed by atoms with Crippen LogP contribution in [0.1, 0.15) is 12.8 Å². The summed E-state index contributed by atoms with van der Waals surface area (Å²) in [6.45, 7) is 0. The fourth-order valence-corrected chi connectivity index (χ4v) is 1.81. The molecule has 0 unspecified atom stereocenters. The van der Waals surface area contributed by atoms with E-state index in [4.69, 9.17) is 10.5 Å². The third kappa shape index (κ3) is 2.39. The molecule has 0 heterocycles. The molecule has 2 rings (SSSR count). The van der Waals surface area contributed by atoms with Gasteiger partial charge in [0.1, 0.15) is 5.82 Å². The Morgan fingerprint density at radius 1 is 1.40 bits per heavy atom. The van der Waals surface area contributed by atoms with E-state index in [9.17, 15) is 4.39 Å². The zero-order chi connectivity index (χ0) is 10.8. The molecule has 3 nitrogen and oxygen atoms in total. The molecule has 3 N–H and O–H groups in total. The van der Waals surface area contributed by atoms with Gasteiger partial charge in [0.05, 0.1) is 6.10 Å². The molecule has 15 heavy (non-hydrogen) atoms. The molecule has 0 radical (unpaired) electrons. The number of benzene rings is 1. The summed E-state index contributed by atoms with van der Waals surface area (Å²) in [4.78, 5) is 0. The third-order valence-electron chi connectivity index (χ3n) is 2.72. The van der Waals surface area contributed by atoms with E-state index in [1.54, 1.807) is 13.2 Å². The molecule has 1 aromatic rings. The molecule has 0 aromatic heterocycles. The van der Waals surface area contributed by atoms with Crippen LogP contribution in [0.4, 0.5) is 15.8 Å². The van der Waals surface area contributed by atoms with Crippen molar-refractivity contribution in [2.24, 2.45) is 0 Å². The Morgan fingerprint density at radius 2 is 2.13 bits per heavy atom. The first-order valence-corrected chi connectivity index (χ1v) is 5.03. The second-order valence-electron chi connectivity index (χ2n) is 3.94. The standard InChI is InChI=1S/C11H15FN2O/c1-15-11-5-10(6-11)14-9-3-7(12)2-8(13)4-9/h2-4,10-11,14H,5-6,13H2,1H3. The highest BCUT2D eigenvalue weighted by molar-refractivity contribution is 5.55. The molecular weight excluding hydrogens is 195 g/mol. The topological polar surface area (TPSA) is 47.3 Å². The van der Waals surface area contributed by atoms with Crippen LogP contribution in [0.5, 0.6) is 0 Å². The van der Waals surface area contributed by atoms with Gasteiger partial charge in [-0.2, -0.15) is 0 Å². The molecule has 82 valence electrons. The van der Waals surface area contributed by atoms with Gasteiger partial charge in [0, 0.05) is 24.5 Å². The van der Waals surface area contributed by atoms with Gasteiger partial charge in [-0.15, -0.1) is 0 Å². The summed E-state index contributed by atoms with van der Waals surface area (Å²) in [6, 6.07) is 4.88. The van der Waals surface area contributed by atoms with E-state index in [1.165, 1.54) is 12.1 Å². The molecule has 1 saturated carbocycles. The van der Waals surface area contributed by atoms with Crippen LogP contribution in [0, 0.1) is 5.82 Å². The molecule has 0 bridgehead atoms. The highest BCUT2D eigenvalue weighted by Gasteiger charge is 2.28. The number of hydrogen-bond donors (Lipinski definition) is 2. The molecule has 0 amide bonds. The highest BCUT2D eigenvalue weighted by atomic mass is 19.1. The average molecular weight is 210 g/mol. The van der Waals surface area contributed by atoms with Crippen molar-refractivity contribution in [3.05, 3.63) is 24.0 Å². The van der Waals surface area contributed by atoms with Crippen LogP contribution in [0.2, 0.25) is 0 Å². The van der Waals surface area contributed by atoms with Crippen molar-refractivity contribution in [3.8, 4) is 0 Å². The van der Waals surface area contributed by atoms with Crippen molar-refractivity contribution in [1.29, 1.82) is 0 Å².